The van der Waals surface area contributed by atoms with Gasteiger partial charge in [-0.25, -0.2) is 0 Å². The largest absolute Gasteiger partial charge is 0.457 e. The van der Waals surface area contributed by atoms with Gasteiger partial charge in [-0.1, -0.05) is 155 Å². The first kappa shape index (κ1) is 45.9. The molecule has 4 rings (SSSR count). The Morgan fingerprint density at radius 2 is 1.45 bits per heavy atom. The van der Waals surface area contributed by atoms with Crippen molar-refractivity contribution >= 4 is 33.0 Å². The highest BCUT2D eigenvalue weighted by Crippen LogP contribution is 2.43. The Balaban J connectivity index is 1.63. The zero-order valence-electron chi connectivity index (χ0n) is 37.1. The maximum atomic E-state index is 11.9. The van der Waals surface area contributed by atoms with Crippen molar-refractivity contribution < 1.29 is 23.1 Å². The van der Waals surface area contributed by atoms with Gasteiger partial charge in [-0.15, -0.1) is 0 Å². The molecular weight excluding hydrogens is 725 g/mol. The fraction of sp³-hybridized carbons (Fsp3) is 0.571. The molecule has 0 radical (unpaired) electrons. The first-order valence-corrected chi connectivity index (χ1v) is 25.4. The maximum absolute atomic E-state index is 11.9. The number of benzene rings is 2. The number of carbonyl (C=O) groups is 1. The summed E-state index contributed by atoms with van der Waals surface area (Å²) in [6, 6.07) is 21.8. The van der Waals surface area contributed by atoms with Crippen LogP contribution >= 0.6 is 0 Å². The van der Waals surface area contributed by atoms with Crippen LogP contribution in [0, 0.1) is 5.92 Å². The second-order valence-corrected chi connectivity index (χ2v) is 28.3. The Morgan fingerprint density at radius 3 is 1.93 bits per heavy atom. The Hall–Kier alpha value is -2.82. The van der Waals surface area contributed by atoms with Crippen LogP contribution in [-0.2, 0) is 23.1 Å². The molecule has 0 bridgehead atoms. The molecule has 2 aromatic rings. The predicted octanol–water partition coefficient (Wildman–Crippen LogP) is 11.8. The molecule has 56 heavy (non-hydrogen) atoms. The number of allylic oxidation sites excluding steroid dienone is 2. The Labute approximate surface area is 343 Å². The number of cyclic esters (lactones) is 1. The van der Waals surface area contributed by atoms with Crippen molar-refractivity contribution in [2.75, 3.05) is 6.61 Å². The fourth-order valence-corrected chi connectivity index (χ4v) is 19.8. The van der Waals surface area contributed by atoms with Crippen LogP contribution in [0.15, 0.2) is 108 Å². The van der Waals surface area contributed by atoms with Crippen LogP contribution < -0.4 is 10.4 Å². The molecule has 0 aromatic heterocycles. The first-order valence-electron chi connectivity index (χ1n) is 21.3. The van der Waals surface area contributed by atoms with E-state index >= 15 is 0 Å². The summed E-state index contributed by atoms with van der Waals surface area (Å²) in [6.07, 6.45) is 10.3. The van der Waals surface area contributed by atoms with E-state index in [1.54, 1.807) is 0 Å². The van der Waals surface area contributed by atoms with Crippen LogP contribution in [0.1, 0.15) is 122 Å². The minimum absolute atomic E-state index is 0.0887. The van der Waals surface area contributed by atoms with Gasteiger partial charge >= 0.3 is 5.97 Å². The highest BCUT2D eigenvalue weighted by molar-refractivity contribution is 6.99. The van der Waals surface area contributed by atoms with Crippen molar-refractivity contribution in [2.24, 2.45) is 5.92 Å². The van der Waals surface area contributed by atoms with Gasteiger partial charge in [0.1, 0.15) is 6.10 Å². The Kier molecular flexibility index (Phi) is 16.2. The summed E-state index contributed by atoms with van der Waals surface area (Å²) in [7, 11) is -4.80. The average molecular weight is 799 g/mol. The third-order valence-electron chi connectivity index (χ3n) is 12.8. The maximum Gasteiger partial charge on any atom is 0.306 e. The fourth-order valence-electron chi connectivity index (χ4n) is 9.73. The second-order valence-electron chi connectivity index (χ2n) is 18.6. The van der Waals surface area contributed by atoms with Crippen molar-refractivity contribution in [2.45, 2.75) is 168 Å². The zero-order chi connectivity index (χ0) is 41.4. The van der Waals surface area contributed by atoms with Crippen LogP contribution in [0.3, 0.4) is 0 Å². The standard InChI is InChI=1S/C49H74O5Si2/c1-34(2)55(35(3)4,36(5)6)51-32-31-39(9)48-40(10)33-42(52-48)27-28-45(38(8)26-25-37(7)41(11)46-29-30-47(50)53-46)54-56(49(12,13)14,43-21-17-15-18-22-43)44-23-19-16-20-24-44/h15-26,31,34-36,40,42,45-46,48H,11,27-30,32-33H2,1-10,12-14H3/b37-25+,38-26+,39-31+/t40-,42-,45+,46+,48+/m1/s1. The normalized spacial score (nSPS) is 22.4. The molecule has 2 heterocycles. The molecule has 0 amide bonds. The van der Waals surface area contributed by atoms with Gasteiger partial charge in [0, 0.05) is 6.42 Å². The van der Waals surface area contributed by atoms with Crippen molar-refractivity contribution in [1.82, 2.24) is 0 Å². The number of esters is 1. The Bertz CT molecular complexity index is 1620. The van der Waals surface area contributed by atoms with Crippen LogP contribution in [0.25, 0.3) is 0 Å². The summed E-state index contributed by atoms with van der Waals surface area (Å²) in [6.45, 7) is 34.9. The first-order chi connectivity index (χ1) is 26.3. The number of hydrogen-bond donors (Lipinski definition) is 0. The van der Waals surface area contributed by atoms with Crippen molar-refractivity contribution in [3.05, 3.63) is 108 Å². The molecule has 2 aromatic carbocycles. The molecule has 0 saturated carbocycles. The molecule has 0 N–H and O–H groups in total. The smallest absolute Gasteiger partial charge is 0.306 e. The van der Waals surface area contributed by atoms with Gasteiger partial charge in [0.15, 0.2) is 0 Å². The lowest BCUT2D eigenvalue weighted by atomic mass is 9.94. The summed E-state index contributed by atoms with van der Waals surface area (Å²) < 4.78 is 27.2. The molecule has 0 spiro atoms. The molecule has 2 fully saturated rings. The van der Waals surface area contributed by atoms with Gasteiger partial charge in [0.05, 0.1) is 24.9 Å². The van der Waals surface area contributed by atoms with E-state index in [1.807, 2.05) is 0 Å². The highest BCUT2D eigenvalue weighted by atomic mass is 28.4. The summed E-state index contributed by atoms with van der Waals surface area (Å²) in [5, 5.41) is 2.38. The van der Waals surface area contributed by atoms with E-state index in [4.69, 9.17) is 18.3 Å². The lowest BCUT2D eigenvalue weighted by Crippen LogP contribution is -2.67. The van der Waals surface area contributed by atoms with E-state index in [1.165, 1.54) is 15.9 Å². The molecule has 0 unspecified atom stereocenters. The minimum atomic E-state index is -2.86. The molecule has 5 atom stereocenters. The van der Waals surface area contributed by atoms with E-state index in [0.29, 0.717) is 42.0 Å². The highest BCUT2D eigenvalue weighted by Gasteiger charge is 2.52. The van der Waals surface area contributed by atoms with Crippen molar-refractivity contribution in [1.29, 1.82) is 0 Å². The average Bonchev–Trinajstić information content (AvgIpc) is 3.76. The van der Waals surface area contributed by atoms with Crippen molar-refractivity contribution in [3.63, 3.8) is 0 Å². The SMILES string of the molecule is C=C(/C(C)=C/C=C(\C)[C@H](CC[C@@H]1C[C@@H](C)[C@H](/C(C)=C/CO[Si](C(C)C)(C(C)C)C(C)C)O1)O[Si](c1ccccc1)(c1ccccc1)C(C)(C)C)[C@@H]1CCC(=O)O1. The molecule has 2 saturated heterocycles. The summed E-state index contributed by atoms with van der Waals surface area (Å²) in [5.41, 5.74) is 6.01. The molecular formula is C49H74O5Si2. The Morgan fingerprint density at radius 1 is 0.893 bits per heavy atom. The van der Waals surface area contributed by atoms with Gasteiger partial charge < -0.3 is 18.3 Å². The van der Waals surface area contributed by atoms with E-state index in [0.717, 1.165) is 36.0 Å². The van der Waals surface area contributed by atoms with Crippen LogP contribution in [0.4, 0.5) is 0 Å². The zero-order valence-corrected chi connectivity index (χ0v) is 39.1. The minimum Gasteiger partial charge on any atom is -0.457 e. The monoisotopic (exact) mass is 799 g/mol. The van der Waals surface area contributed by atoms with Gasteiger partial charge in [0.2, 0.25) is 8.32 Å². The van der Waals surface area contributed by atoms with Gasteiger partial charge in [0.25, 0.3) is 8.32 Å². The lowest BCUT2D eigenvalue weighted by Gasteiger charge is -2.45. The predicted molar refractivity (Wildman–Crippen MR) is 241 cm³/mol. The van der Waals surface area contributed by atoms with E-state index in [9.17, 15) is 4.79 Å². The van der Waals surface area contributed by atoms with Crippen LogP contribution in [0.2, 0.25) is 21.7 Å². The summed E-state index contributed by atoms with van der Waals surface area (Å²) in [5.74, 6) is 0.277. The topological polar surface area (TPSA) is 54.0 Å². The third-order valence-corrected chi connectivity index (χ3v) is 23.9. The van der Waals surface area contributed by atoms with Crippen molar-refractivity contribution in [3.8, 4) is 0 Å². The number of carbonyl (C=O) groups excluding carboxylic acids is 1. The summed E-state index contributed by atoms with van der Waals surface area (Å²) in [4.78, 5) is 11.9. The van der Waals surface area contributed by atoms with Gasteiger partial charge in [-0.3, -0.25) is 4.79 Å². The molecule has 0 aliphatic carbocycles. The number of hydrogen-bond acceptors (Lipinski definition) is 5. The number of rotatable bonds is 18. The molecule has 2 aliphatic heterocycles. The second kappa shape index (κ2) is 19.8. The molecule has 308 valence electrons. The number of ether oxygens (including phenoxy) is 2. The van der Waals surface area contributed by atoms with Crippen LogP contribution in [0.5, 0.6) is 0 Å². The van der Waals surface area contributed by atoms with E-state index in [2.05, 4.69) is 175 Å². The quantitative estimate of drug-likeness (QED) is 0.0651. The summed E-state index contributed by atoms with van der Waals surface area (Å²) >= 11 is 0. The van der Waals surface area contributed by atoms with E-state index < -0.39 is 16.6 Å². The lowest BCUT2D eigenvalue weighted by molar-refractivity contribution is -0.140. The third kappa shape index (κ3) is 10.4. The van der Waals surface area contributed by atoms with Gasteiger partial charge in [-0.2, -0.15) is 0 Å². The molecule has 7 heteroatoms. The van der Waals surface area contributed by atoms with Gasteiger partial charge in [-0.05, 0) is 107 Å². The van der Waals surface area contributed by atoms with Crippen LogP contribution in [-0.4, -0.2) is 53.6 Å². The molecule has 2 aliphatic rings. The molecule has 5 nitrogen and oxygen atoms in total. The van der Waals surface area contributed by atoms with E-state index in [-0.39, 0.29) is 35.4 Å².